The summed E-state index contributed by atoms with van der Waals surface area (Å²) in [6, 6.07) is 0. The summed E-state index contributed by atoms with van der Waals surface area (Å²) in [5.74, 6) is 2.78. The van der Waals surface area contributed by atoms with E-state index >= 15 is 0 Å². The minimum absolute atomic E-state index is 0. The van der Waals surface area contributed by atoms with E-state index in [-0.39, 0.29) is 36.1 Å². The summed E-state index contributed by atoms with van der Waals surface area (Å²) in [4.78, 5) is 36.8. The number of carbonyl (C=O) groups is 3. The Labute approximate surface area is 176 Å². The minimum Gasteiger partial charge on any atom is -0.469 e. The summed E-state index contributed by atoms with van der Waals surface area (Å²) >= 11 is 0. The topological polar surface area (TPSA) is 60.4 Å². The number of carbonyl (C=O) groups excluding carboxylic acids is 3. The monoisotopic (exact) mass is 404 g/mol. The molecule has 0 N–H and O–H groups in total. The molecule has 4 aliphatic carbocycles. The van der Waals surface area contributed by atoms with Crippen molar-refractivity contribution in [2.24, 2.45) is 40.4 Å². The Morgan fingerprint density at radius 2 is 1.76 bits per heavy atom. The molecule has 0 aromatic heterocycles. The van der Waals surface area contributed by atoms with Crippen LogP contribution in [-0.4, -0.2) is 24.6 Å². The Morgan fingerprint density at radius 3 is 2.48 bits per heavy atom. The van der Waals surface area contributed by atoms with Crippen molar-refractivity contribution in [3.8, 4) is 0 Å². The highest BCUT2D eigenvalue weighted by Crippen LogP contribution is 2.66. The highest BCUT2D eigenvalue weighted by molar-refractivity contribution is 5.86. The Balaban J connectivity index is 0.00000240. The van der Waals surface area contributed by atoms with Crippen LogP contribution in [0.5, 0.6) is 0 Å². The van der Waals surface area contributed by atoms with Crippen LogP contribution in [0.15, 0.2) is 0 Å². The first kappa shape index (κ1) is 22.5. The Morgan fingerprint density at radius 1 is 1.03 bits per heavy atom. The summed E-state index contributed by atoms with van der Waals surface area (Å²) in [7, 11) is 1.46. The van der Waals surface area contributed by atoms with Crippen LogP contribution in [-0.2, 0) is 19.1 Å². The molecule has 0 aliphatic heterocycles. The number of Topliss-reactive ketones (excluding diaryl/α,β-unsaturated/α-hetero) is 2. The zero-order valence-electron chi connectivity index (χ0n) is 17.8. The van der Waals surface area contributed by atoms with Crippen molar-refractivity contribution in [1.82, 2.24) is 0 Å². The maximum atomic E-state index is 13.3. The molecule has 4 fully saturated rings. The van der Waals surface area contributed by atoms with Crippen molar-refractivity contribution in [2.75, 3.05) is 7.11 Å². The van der Waals surface area contributed by atoms with E-state index in [4.69, 9.17) is 4.74 Å². The molecule has 4 aliphatic rings. The second-order valence-electron chi connectivity index (χ2n) is 10.6. The summed E-state index contributed by atoms with van der Waals surface area (Å²) in [6.45, 7) is 4.81. The molecule has 0 aromatic rings. The molecule has 0 aromatic carbocycles. The summed E-state index contributed by atoms with van der Waals surface area (Å²) in [5.41, 5.74) is 0.414. The lowest BCUT2D eigenvalue weighted by Crippen LogP contribution is -2.56. The molecular weight excluding hydrogens is 364 g/mol. The predicted octanol–water partition coefficient (Wildman–Crippen LogP) is 5.37. The average Bonchev–Trinajstić information content (AvgIpc) is 2.99. The van der Waals surface area contributed by atoms with Crippen molar-refractivity contribution < 1.29 is 19.1 Å². The van der Waals surface area contributed by atoms with Gasteiger partial charge in [0.1, 0.15) is 11.6 Å². The van der Waals surface area contributed by atoms with E-state index in [2.05, 4.69) is 13.8 Å². The fraction of sp³-hybridized carbons (Fsp3) is 0.880. The van der Waals surface area contributed by atoms with Gasteiger partial charge < -0.3 is 4.74 Å². The molecule has 0 spiro atoms. The van der Waals surface area contributed by atoms with E-state index in [1.165, 1.54) is 20.0 Å². The van der Waals surface area contributed by atoms with Gasteiger partial charge in [0.05, 0.1) is 7.11 Å². The smallest absolute Gasteiger partial charge is 0.305 e. The van der Waals surface area contributed by atoms with Crippen molar-refractivity contribution in [1.29, 1.82) is 0 Å². The van der Waals surface area contributed by atoms with Crippen LogP contribution in [0.2, 0.25) is 0 Å². The lowest BCUT2D eigenvalue weighted by Gasteiger charge is -2.59. The van der Waals surface area contributed by atoms with Crippen molar-refractivity contribution in [2.45, 2.75) is 91.9 Å². The maximum Gasteiger partial charge on any atom is 0.305 e. The van der Waals surface area contributed by atoms with E-state index in [1.807, 2.05) is 0 Å². The molecule has 29 heavy (non-hydrogen) atoms. The Hall–Kier alpha value is -1.19. The number of esters is 1. The number of methoxy groups -OCH3 is 1. The second-order valence-corrected chi connectivity index (χ2v) is 10.6. The molecule has 0 bridgehead atoms. The molecule has 0 heterocycles. The van der Waals surface area contributed by atoms with Crippen LogP contribution < -0.4 is 0 Å². The molecule has 4 rings (SSSR count). The number of hydrogen-bond acceptors (Lipinski definition) is 4. The summed E-state index contributed by atoms with van der Waals surface area (Å²) in [5, 5.41) is 0. The lowest BCUT2D eigenvalue weighted by molar-refractivity contribution is -0.158. The normalized spacial score (nSPS) is 43.6. The number of fused-ring (bicyclic) bond motifs is 5. The van der Waals surface area contributed by atoms with Crippen molar-refractivity contribution in [3.63, 3.8) is 0 Å². The number of ketones is 2. The average molecular weight is 405 g/mol. The van der Waals surface area contributed by atoms with Crippen molar-refractivity contribution in [3.05, 3.63) is 0 Å². The summed E-state index contributed by atoms with van der Waals surface area (Å²) in [6.07, 6.45) is 10.1. The highest BCUT2D eigenvalue weighted by Gasteiger charge is 2.62. The van der Waals surface area contributed by atoms with E-state index in [0.29, 0.717) is 55.0 Å². The van der Waals surface area contributed by atoms with Crippen LogP contribution in [0.25, 0.3) is 0 Å². The standard InChI is InChI=1S/C24H36O4.CH4/c1-23-12-10-19-22(18(23)8-7-15(23)5-4-6-21(27)28-3)20(26)14-16-13-17(25)9-11-24(16,19)2;/h15-16,18-19,22H,4-14H2,1-3H3;1H4. The van der Waals surface area contributed by atoms with Crippen LogP contribution in [0, 0.1) is 40.4 Å². The van der Waals surface area contributed by atoms with Gasteiger partial charge in [0, 0.05) is 31.6 Å². The van der Waals surface area contributed by atoms with Gasteiger partial charge in [-0.25, -0.2) is 0 Å². The summed E-state index contributed by atoms with van der Waals surface area (Å²) < 4.78 is 4.79. The molecule has 4 heteroatoms. The first-order valence-corrected chi connectivity index (χ1v) is 11.4. The molecule has 0 amide bonds. The second kappa shape index (κ2) is 8.15. The van der Waals surface area contributed by atoms with Gasteiger partial charge in [-0.2, -0.15) is 0 Å². The molecule has 4 nitrogen and oxygen atoms in total. The molecule has 164 valence electrons. The molecule has 0 radical (unpaired) electrons. The van der Waals surface area contributed by atoms with Gasteiger partial charge >= 0.3 is 5.97 Å². The van der Waals surface area contributed by atoms with E-state index in [9.17, 15) is 14.4 Å². The maximum absolute atomic E-state index is 13.3. The van der Waals surface area contributed by atoms with Gasteiger partial charge in [0.15, 0.2) is 0 Å². The van der Waals surface area contributed by atoms with Crippen LogP contribution >= 0.6 is 0 Å². The van der Waals surface area contributed by atoms with Crippen LogP contribution in [0.3, 0.4) is 0 Å². The molecule has 4 saturated carbocycles. The molecular formula is C25H40O4. The molecule has 7 unspecified atom stereocenters. The highest BCUT2D eigenvalue weighted by atomic mass is 16.5. The van der Waals surface area contributed by atoms with Crippen molar-refractivity contribution >= 4 is 17.5 Å². The Bertz CT molecular complexity index is 670. The SMILES string of the molecule is C.COC(=O)CCCC1CCC2C3C(=O)CC4CC(=O)CCC4(C)C3CCC12C. The zero-order valence-corrected chi connectivity index (χ0v) is 17.8. The van der Waals surface area contributed by atoms with Crippen LogP contribution in [0.1, 0.15) is 91.9 Å². The lowest BCUT2D eigenvalue weighted by atomic mass is 9.44. The van der Waals surface area contributed by atoms with Gasteiger partial charge in [0.25, 0.3) is 0 Å². The first-order valence-electron chi connectivity index (χ1n) is 11.4. The molecule has 7 atom stereocenters. The van der Waals surface area contributed by atoms with Gasteiger partial charge in [-0.3, -0.25) is 14.4 Å². The number of ether oxygens (including phenoxy) is 1. The number of hydrogen-bond donors (Lipinski definition) is 0. The van der Waals surface area contributed by atoms with Gasteiger partial charge in [-0.1, -0.05) is 21.3 Å². The zero-order chi connectivity index (χ0) is 20.1. The van der Waals surface area contributed by atoms with E-state index < -0.39 is 0 Å². The third-order valence-corrected chi connectivity index (χ3v) is 9.64. The van der Waals surface area contributed by atoms with Gasteiger partial charge in [-0.05, 0) is 79.4 Å². The minimum atomic E-state index is -0.114. The third-order valence-electron chi connectivity index (χ3n) is 9.64. The van der Waals surface area contributed by atoms with E-state index in [1.54, 1.807) is 0 Å². The predicted molar refractivity (Wildman–Crippen MR) is 113 cm³/mol. The van der Waals surface area contributed by atoms with Crippen LogP contribution in [0.4, 0.5) is 0 Å². The van der Waals surface area contributed by atoms with E-state index in [0.717, 1.165) is 32.1 Å². The van der Waals surface area contributed by atoms with Gasteiger partial charge in [-0.15, -0.1) is 0 Å². The fourth-order valence-electron chi connectivity index (χ4n) is 7.90. The third kappa shape index (κ3) is 3.59. The molecule has 0 saturated heterocycles. The quantitative estimate of drug-likeness (QED) is 0.591. The first-order chi connectivity index (χ1) is 13.3. The largest absolute Gasteiger partial charge is 0.469 e. The Kier molecular flexibility index (Phi) is 6.32. The fourth-order valence-corrected chi connectivity index (χ4v) is 7.90. The van der Waals surface area contributed by atoms with Gasteiger partial charge in [0.2, 0.25) is 0 Å². The number of rotatable bonds is 4.